The van der Waals surface area contributed by atoms with Crippen molar-refractivity contribution in [2.24, 2.45) is 0 Å². The molecule has 1 amide bonds. The molecule has 5 heteroatoms. The van der Waals surface area contributed by atoms with Crippen LogP contribution in [0.3, 0.4) is 0 Å². The van der Waals surface area contributed by atoms with Gasteiger partial charge in [-0.15, -0.1) is 0 Å². The van der Waals surface area contributed by atoms with Gasteiger partial charge in [-0.2, -0.15) is 0 Å². The number of pyridine rings is 1. The molecule has 1 aromatic carbocycles. The molecule has 2 heterocycles. The maximum atomic E-state index is 12.2. The highest BCUT2D eigenvalue weighted by molar-refractivity contribution is 5.94. The van der Waals surface area contributed by atoms with Gasteiger partial charge in [0.15, 0.2) is 0 Å². The molecule has 0 saturated carbocycles. The van der Waals surface area contributed by atoms with Crippen molar-refractivity contribution < 1.29 is 9.53 Å². The van der Waals surface area contributed by atoms with Gasteiger partial charge in [-0.25, -0.2) is 0 Å². The number of nitrogens with one attached hydrogen (secondary N) is 2. The maximum absolute atomic E-state index is 12.2. The quantitative estimate of drug-likeness (QED) is 0.858. The van der Waals surface area contributed by atoms with Crippen molar-refractivity contribution in [3.63, 3.8) is 0 Å². The summed E-state index contributed by atoms with van der Waals surface area (Å²) in [6, 6.07) is 11.5. The summed E-state index contributed by atoms with van der Waals surface area (Å²) in [7, 11) is 0. The molecule has 1 aliphatic heterocycles. The van der Waals surface area contributed by atoms with Crippen LogP contribution in [0.5, 0.6) is 5.75 Å². The van der Waals surface area contributed by atoms with Gasteiger partial charge in [-0.1, -0.05) is 12.1 Å². The zero-order chi connectivity index (χ0) is 15.9. The highest BCUT2D eigenvalue weighted by Crippen LogP contribution is 2.15. The van der Waals surface area contributed by atoms with Crippen molar-refractivity contribution in [3.8, 4) is 5.75 Å². The third-order valence-corrected chi connectivity index (χ3v) is 3.90. The first-order valence-electron chi connectivity index (χ1n) is 7.94. The van der Waals surface area contributed by atoms with E-state index in [-0.39, 0.29) is 5.91 Å². The molecule has 2 N–H and O–H groups in total. The van der Waals surface area contributed by atoms with E-state index in [4.69, 9.17) is 4.74 Å². The number of nitrogens with zero attached hydrogens (tertiary/aromatic N) is 1. The van der Waals surface area contributed by atoms with Gasteiger partial charge in [0.1, 0.15) is 12.4 Å². The number of hydrogen-bond acceptors (Lipinski definition) is 4. The topological polar surface area (TPSA) is 63.2 Å². The van der Waals surface area contributed by atoms with Crippen LogP contribution in [0.2, 0.25) is 0 Å². The van der Waals surface area contributed by atoms with E-state index in [9.17, 15) is 4.79 Å². The lowest BCUT2D eigenvalue weighted by molar-refractivity contribution is 0.0950. The van der Waals surface area contributed by atoms with Crippen molar-refractivity contribution in [2.45, 2.75) is 25.5 Å². The molecule has 1 unspecified atom stereocenters. The normalized spacial score (nSPS) is 17.0. The SMILES string of the molecule is O=C(NCC1CCCN1)c1cccc(OCc2cccnc2)c1. The Morgan fingerprint density at radius 2 is 2.30 bits per heavy atom. The van der Waals surface area contributed by atoms with Crippen LogP contribution in [0.25, 0.3) is 0 Å². The van der Waals surface area contributed by atoms with E-state index in [1.54, 1.807) is 24.5 Å². The second kappa shape index (κ2) is 7.74. The van der Waals surface area contributed by atoms with E-state index in [0.717, 1.165) is 18.5 Å². The van der Waals surface area contributed by atoms with Gasteiger partial charge in [0.2, 0.25) is 0 Å². The minimum absolute atomic E-state index is 0.0643. The number of aromatic nitrogens is 1. The fraction of sp³-hybridized carbons (Fsp3) is 0.333. The molecule has 1 aromatic heterocycles. The Morgan fingerprint density at radius 1 is 1.35 bits per heavy atom. The van der Waals surface area contributed by atoms with Crippen LogP contribution in [0, 0.1) is 0 Å². The van der Waals surface area contributed by atoms with Crippen LogP contribution in [0.4, 0.5) is 0 Å². The predicted molar refractivity (Wildman–Crippen MR) is 88.4 cm³/mol. The van der Waals surface area contributed by atoms with Gasteiger partial charge in [0, 0.05) is 36.1 Å². The third-order valence-electron chi connectivity index (χ3n) is 3.90. The average Bonchev–Trinajstić information content (AvgIpc) is 3.12. The predicted octanol–water partition coefficient (Wildman–Crippen LogP) is 2.14. The number of amides is 1. The highest BCUT2D eigenvalue weighted by atomic mass is 16.5. The van der Waals surface area contributed by atoms with Crippen LogP contribution in [0.1, 0.15) is 28.8 Å². The first-order valence-corrected chi connectivity index (χ1v) is 7.94. The van der Waals surface area contributed by atoms with Crippen LogP contribution in [-0.2, 0) is 6.61 Å². The van der Waals surface area contributed by atoms with Gasteiger partial charge >= 0.3 is 0 Å². The zero-order valence-electron chi connectivity index (χ0n) is 13.0. The second-order valence-electron chi connectivity index (χ2n) is 5.68. The van der Waals surface area contributed by atoms with E-state index in [0.29, 0.717) is 30.5 Å². The van der Waals surface area contributed by atoms with Crippen molar-refractivity contribution in [2.75, 3.05) is 13.1 Å². The van der Waals surface area contributed by atoms with Gasteiger partial charge in [-0.05, 0) is 43.7 Å². The lowest BCUT2D eigenvalue weighted by Gasteiger charge is -2.12. The van der Waals surface area contributed by atoms with Crippen LogP contribution < -0.4 is 15.4 Å². The summed E-state index contributed by atoms with van der Waals surface area (Å²) in [6.45, 7) is 2.14. The number of carbonyl (C=O) groups excluding carboxylic acids is 1. The zero-order valence-corrected chi connectivity index (χ0v) is 13.0. The molecule has 0 radical (unpaired) electrons. The van der Waals surface area contributed by atoms with Crippen LogP contribution in [0.15, 0.2) is 48.8 Å². The molecule has 23 heavy (non-hydrogen) atoms. The van der Waals surface area contributed by atoms with E-state index >= 15 is 0 Å². The van der Waals surface area contributed by atoms with Crippen molar-refractivity contribution in [1.29, 1.82) is 0 Å². The number of hydrogen-bond donors (Lipinski definition) is 2. The number of rotatable bonds is 6. The Kier molecular flexibility index (Phi) is 5.21. The van der Waals surface area contributed by atoms with Crippen molar-refractivity contribution >= 4 is 5.91 Å². The Labute approximate surface area is 136 Å². The van der Waals surface area contributed by atoms with Crippen molar-refractivity contribution in [3.05, 3.63) is 59.9 Å². The van der Waals surface area contributed by atoms with Crippen LogP contribution in [-0.4, -0.2) is 30.0 Å². The lowest BCUT2D eigenvalue weighted by atomic mass is 10.2. The average molecular weight is 311 g/mol. The Bertz CT molecular complexity index is 640. The minimum Gasteiger partial charge on any atom is -0.489 e. The minimum atomic E-state index is -0.0643. The fourth-order valence-electron chi connectivity index (χ4n) is 2.63. The third kappa shape index (κ3) is 4.53. The van der Waals surface area contributed by atoms with Gasteiger partial charge in [0.25, 0.3) is 5.91 Å². The first kappa shape index (κ1) is 15.5. The smallest absolute Gasteiger partial charge is 0.251 e. The maximum Gasteiger partial charge on any atom is 0.251 e. The molecule has 0 aliphatic carbocycles. The first-order chi connectivity index (χ1) is 11.3. The van der Waals surface area contributed by atoms with E-state index in [2.05, 4.69) is 15.6 Å². The highest BCUT2D eigenvalue weighted by Gasteiger charge is 2.15. The monoisotopic (exact) mass is 311 g/mol. The molecular formula is C18H21N3O2. The molecule has 0 bridgehead atoms. The van der Waals surface area contributed by atoms with Gasteiger partial charge in [0.05, 0.1) is 0 Å². The van der Waals surface area contributed by atoms with E-state index in [1.807, 2.05) is 24.3 Å². The Balaban J connectivity index is 1.54. The summed E-state index contributed by atoms with van der Waals surface area (Å²) in [5.41, 5.74) is 1.61. The molecule has 120 valence electrons. The lowest BCUT2D eigenvalue weighted by Crippen LogP contribution is -2.37. The number of ether oxygens (including phenoxy) is 1. The standard InChI is InChI=1S/C18H21N3O2/c22-18(21-12-16-6-3-9-20-16)15-5-1-7-17(10-15)23-13-14-4-2-8-19-11-14/h1-2,4-5,7-8,10-11,16,20H,3,6,9,12-13H2,(H,21,22). The Hall–Kier alpha value is -2.40. The summed E-state index contributed by atoms with van der Waals surface area (Å²) in [5.74, 6) is 0.617. The summed E-state index contributed by atoms with van der Waals surface area (Å²) in [6.07, 6.45) is 5.80. The summed E-state index contributed by atoms with van der Waals surface area (Å²) < 4.78 is 5.73. The molecule has 3 rings (SSSR count). The van der Waals surface area contributed by atoms with Crippen LogP contribution >= 0.6 is 0 Å². The summed E-state index contributed by atoms with van der Waals surface area (Å²) in [5, 5.41) is 6.34. The second-order valence-corrected chi connectivity index (χ2v) is 5.68. The number of carbonyl (C=O) groups is 1. The molecular weight excluding hydrogens is 290 g/mol. The molecule has 0 spiro atoms. The summed E-state index contributed by atoms with van der Waals surface area (Å²) >= 11 is 0. The fourth-order valence-corrected chi connectivity index (χ4v) is 2.63. The summed E-state index contributed by atoms with van der Waals surface area (Å²) in [4.78, 5) is 16.3. The molecule has 1 aliphatic rings. The van der Waals surface area contributed by atoms with E-state index in [1.165, 1.54) is 6.42 Å². The molecule has 1 fully saturated rings. The number of benzene rings is 1. The Morgan fingerprint density at radius 3 is 3.09 bits per heavy atom. The van der Waals surface area contributed by atoms with Gasteiger partial charge in [-0.3, -0.25) is 9.78 Å². The molecule has 1 saturated heterocycles. The molecule has 1 atom stereocenters. The molecule has 5 nitrogen and oxygen atoms in total. The van der Waals surface area contributed by atoms with Gasteiger partial charge < -0.3 is 15.4 Å². The largest absolute Gasteiger partial charge is 0.489 e. The van der Waals surface area contributed by atoms with E-state index < -0.39 is 0 Å². The van der Waals surface area contributed by atoms with Crippen molar-refractivity contribution in [1.82, 2.24) is 15.6 Å². The molecule has 2 aromatic rings.